The number of hydrogen-bond donors (Lipinski definition) is 2. The number of carbonyl (C=O) groups is 2. The molecule has 4 nitrogen and oxygen atoms in total. The van der Waals surface area contributed by atoms with Crippen LogP contribution in [-0.2, 0) is 31.9 Å². The molecule has 65 heavy (non-hydrogen) atoms. The number of carbonyl (C=O) groups excluding carboxylic acids is 2. The van der Waals surface area contributed by atoms with Crippen molar-refractivity contribution in [3.8, 4) is 0 Å². The van der Waals surface area contributed by atoms with Gasteiger partial charge in [0.25, 0.3) is 0 Å². The predicted molar refractivity (Wildman–Crippen MR) is 247 cm³/mol. The smallest absolute Gasteiger partial charge is 0.216 e. The lowest BCUT2D eigenvalue weighted by atomic mass is 9.79. The third kappa shape index (κ3) is 11.2. The summed E-state index contributed by atoms with van der Waals surface area (Å²) in [6, 6.07) is 38.2. The summed E-state index contributed by atoms with van der Waals surface area (Å²) >= 11 is 1.19. The Labute approximate surface area is 382 Å². The Morgan fingerprint density at radius 2 is 0.723 bits per heavy atom. The van der Waals surface area contributed by atoms with Crippen LogP contribution in [0.3, 0.4) is 0 Å². The lowest BCUT2D eigenvalue weighted by Crippen LogP contribution is -2.38. The Kier molecular flexibility index (Phi) is 17.1. The summed E-state index contributed by atoms with van der Waals surface area (Å²) in [6.07, 6.45) is 4.70. The molecular formula is C54H54F6N2O2S. The largest absolute Gasteiger partial charge is 0.356 e. The summed E-state index contributed by atoms with van der Waals surface area (Å²) in [5.74, 6) is -9.01. The fraction of sp³-hybridized carbons (Fsp3) is 0.296. The monoisotopic (exact) mass is 908 g/mol. The van der Waals surface area contributed by atoms with Gasteiger partial charge in [-0.1, -0.05) is 147 Å². The van der Waals surface area contributed by atoms with Gasteiger partial charge in [0.2, 0.25) is 11.8 Å². The standard InChI is InChI=1S/C54H54F6N2O2S/c1-37(63)61-33-21-5-3-19-31-43-45(35-47(55)51(59)49(43)57)53(39-23-11-7-12-24-39,40-25-13-8-14-26-40)65-54(41-27-15-9-16-28-41,42-29-17-10-18-30-42)46-36-48(56)52(60)50(58)44(46)32-20-4-6-22-34-62-38(2)64/h7-18,23-30,35-36H,3-6,19-22,31-34H2,1-2H3,(H,61,63)(H,62,64). The third-order valence-electron chi connectivity index (χ3n) is 11.8. The highest BCUT2D eigenvalue weighted by Gasteiger charge is 2.51. The Balaban J connectivity index is 1.66. The van der Waals surface area contributed by atoms with E-state index in [-0.39, 0.29) is 46.9 Å². The normalized spacial score (nSPS) is 11.7. The Bertz CT molecular complexity index is 2260. The van der Waals surface area contributed by atoms with Gasteiger partial charge in [-0.15, -0.1) is 11.8 Å². The van der Waals surface area contributed by atoms with Crippen molar-refractivity contribution in [3.63, 3.8) is 0 Å². The minimum absolute atomic E-state index is 0.0111. The van der Waals surface area contributed by atoms with Gasteiger partial charge in [-0.05, 0) is 95.2 Å². The maximum atomic E-state index is 16.9. The minimum atomic E-state index is -1.66. The van der Waals surface area contributed by atoms with E-state index < -0.39 is 44.4 Å². The number of thioether (sulfide) groups is 1. The average Bonchev–Trinajstić information content (AvgIpc) is 3.32. The fourth-order valence-electron chi connectivity index (χ4n) is 8.69. The Morgan fingerprint density at radius 1 is 0.431 bits per heavy atom. The van der Waals surface area contributed by atoms with Crippen molar-refractivity contribution in [1.29, 1.82) is 0 Å². The SMILES string of the molecule is CC(=O)NCCCCCCc1c(C(SC(c2ccccc2)(c2ccccc2)c2cc(F)c(F)c(F)c2CCCCCCNC(C)=O)(c2ccccc2)c2ccccc2)cc(F)c(F)c1F. The van der Waals surface area contributed by atoms with Crippen LogP contribution in [0.25, 0.3) is 0 Å². The van der Waals surface area contributed by atoms with Crippen LogP contribution in [-0.4, -0.2) is 24.9 Å². The van der Waals surface area contributed by atoms with E-state index in [0.29, 0.717) is 86.7 Å². The van der Waals surface area contributed by atoms with Crippen molar-refractivity contribution >= 4 is 23.6 Å². The molecule has 0 bridgehead atoms. The first-order valence-corrected chi connectivity index (χ1v) is 23.0. The lowest BCUT2D eigenvalue weighted by Gasteiger charge is -2.47. The van der Waals surface area contributed by atoms with E-state index in [1.54, 1.807) is 72.8 Å². The summed E-state index contributed by atoms with van der Waals surface area (Å²) in [6.45, 7) is 3.80. The van der Waals surface area contributed by atoms with Gasteiger partial charge in [0.1, 0.15) is 0 Å². The molecular weight excluding hydrogens is 855 g/mol. The average molecular weight is 909 g/mol. The highest BCUT2D eigenvalue weighted by molar-refractivity contribution is 8.02. The summed E-state index contributed by atoms with van der Waals surface area (Å²) in [5.41, 5.74) is 2.26. The molecule has 0 atom stereocenters. The van der Waals surface area contributed by atoms with E-state index in [9.17, 15) is 9.59 Å². The molecule has 0 aliphatic carbocycles. The molecule has 6 aromatic rings. The molecule has 6 aromatic carbocycles. The van der Waals surface area contributed by atoms with Crippen LogP contribution in [0.5, 0.6) is 0 Å². The molecule has 2 N–H and O–H groups in total. The van der Waals surface area contributed by atoms with Gasteiger partial charge in [-0.2, -0.15) is 0 Å². The maximum Gasteiger partial charge on any atom is 0.216 e. The van der Waals surface area contributed by atoms with E-state index in [2.05, 4.69) is 10.6 Å². The van der Waals surface area contributed by atoms with Gasteiger partial charge < -0.3 is 10.6 Å². The zero-order valence-electron chi connectivity index (χ0n) is 36.7. The van der Waals surface area contributed by atoms with Crippen molar-refractivity contribution in [2.45, 2.75) is 87.5 Å². The number of benzene rings is 6. The van der Waals surface area contributed by atoms with Gasteiger partial charge in [0.15, 0.2) is 34.9 Å². The second-order valence-electron chi connectivity index (χ2n) is 16.2. The van der Waals surface area contributed by atoms with Crippen molar-refractivity contribution in [3.05, 3.63) is 213 Å². The summed E-state index contributed by atoms with van der Waals surface area (Å²) in [7, 11) is 0. The van der Waals surface area contributed by atoms with E-state index in [4.69, 9.17) is 0 Å². The van der Waals surface area contributed by atoms with Gasteiger partial charge in [-0.3, -0.25) is 9.59 Å². The number of unbranched alkanes of at least 4 members (excludes halogenated alkanes) is 6. The van der Waals surface area contributed by atoms with Gasteiger partial charge in [-0.25, -0.2) is 26.3 Å². The first kappa shape index (κ1) is 48.6. The second kappa shape index (κ2) is 22.9. The van der Waals surface area contributed by atoms with Crippen molar-refractivity contribution in [2.24, 2.45) is 0 Å². The van der Waals surface area contributed by atoms with Crippen LogP contribution < -0.4 is 10.6 Å². The first-order chi connectivity index (χ1) is 31.4. The molecule has 11 heteroatoms. The highest BCUT2D eigenvalue weighted by Crippen LogP contribution is 2.63. The number of halogens is 6. The Morgan fingerprint density at radius 3 is 1.02 bits per heavy atom. The zero-order valence-corrected chi connectivity index (χ0v) is 37.5. The zero-order chi connectivity index (χ0) is 46.4. The van der Waals surface area contributed by atoms with Crippen molar-refractivity contribution in [2.75, 3.05) is 13.1 Å². The lowest BCUT2D eigenvalue weighted by molar-refractivity contribution is -0.119. The van der Waals surface area contributed by atoms with Gasteiger partial charge in [0.05, 0.1) is 9.49 Å². The fourth-order valence-corrected chi connectivity index (χ4v) is 10.8. The van der Waals surface area contributed by atoms with Gasteiger partial charge in [0, 0.05) is 26.9 Å². The number of rotatable bonds is 22. The quantitative estimate of drug-likeness (QED) is 0.0309. The van der Waals surface area contributed by atoms with E-state index in [0.717, 1.165) is 12.1 Å². The van der Waals surface area contributed by atoms with E-state index in [1.165, 1.54) is 25.6 Å². The van der Waals surface area contributed by atoms with Crippen molar-refractivity contribution in [1.82, 2.24) is 10.6 Å². The van der Waals surface area contributed by atoms with Crippen LogP contribution in [0.2, 0.25) is 0 Å². The molecule has 2 amide bonds. The van der Waals surface area contributed by atoms with Crippen LogP contribution >= 0.6 is 11.8 Å². The number of nitrogens with one attached hydrogen (secondary N) is 2. The predicted octanol–water partition coefficient (Wildman–Crippen LogP) is 13.0. The second-order valence-corrected chi connectivity index (χ2v) is 17.7. The van der Waals surface area contributed by atoms with E-state index >= 15 is 26.3 Å². The molecule has 0 spiro atoms. The number of hydrogen-bond acceptors (Lipinski definition) is 3. The maximum absolute atomic E-state index is 16.9. The molecule has 0 fully saturated rings. The molecule has 340 valence electrons. The van der Waals surface area contributed by atoms with Crippen LogP contribution in [0.1, 0.15) is 110 Å². The molecule has 0 saturated heterocycles. The summed E-state index contributed by atoms with van der Waals surface area (Å²) in [4.78, 5) is 22.9. The molecule has 0 radical (unpaired) electrons. The molecule has 0 aromatic heterocycles. The van der Waals surface area contributed by atoms with Crippen LogP contribution in [0.4, 0.5) is 26.3 Å². The van der Waals surface area contributed by atoms with Crippen molar-refractivity contribution < 1.29 is 35.9 Å². The minimum Gasteiger partial charge on any atom is -0.356 e. The topological polar surface area (TPSA) is 58.2 Å². The molecule has 0 aliphatic heterocycles. The third-order valence-corrected chi connectivity index (χ3v) is 13.8. The van der Waals surface area contributed by atoms with E-state index in [1.807, 2.05) is 48.5 Å². The molecule has 0 aliphatic rings. The molecule has 6 rings (SSSR count). The first-order valence-electron chi connectivity index (χ1n) is 22.2. The summed E-state index contributed by atoms with van der Waals surface area (Å²) < 4.78 is 94.4. The van der Waals surface area contributed by atoms with Crippen LogP contribution in [0.15, 0.2) is 133 Å². The molecule has 0 unspecified atom stereocenters. The summed E-state index contributed by atoms with van der Waals surface area (Å²) in [5, 5.41) is 5.54. The highest BCUT2D eigenvalue weighted by atomic mass is 32.2. The Hall–Kier alpha value is -5.81. The number of amides is 2. The molecule has 0 heterocycles. The molecule has 0 saturated carbocycles. The van der Waals surface area contributed by atoms with Gasteiger partial charge >= 0.3 is 0 Å². The van der Waals surface area contributed by atoms with Crippen LogP contribution in [0, 0.1) is 34.9 Å².